The predicted octanol–water partition coefficient (Wildman–Crippen LogP) is 18.7. The minimum atomic E-state index is 0.783. The summed E-state index contributed by atoms with van der Waals surface area (Å²) in [4.78, 5) is 7.00. The van der Waals surface area contributed by atoms with E-state index >= 15 is 0 Å². The molecular weight excluding hydrogens is 859 g/mol. The molecule has 0 bridgehead atoms. The molecule has 0 spiro atoms. The number of fused-ring (bicyclic) bond motifs is 8. The topological polar surface area (TPSA) is 41.3 Å². The first-order valence-corrected chi connectivity index (χ1v) is 23.6. The highest BCUT2D eigenvalue weighted by Gasteiger charge is 2.31. The van der Waals surface area contributed by atoms with Crippen molar-refractivity contribution in [3.8, 4) is 45.3 Å². The summed E-state index contributed by atoms with van der Waals surface area (Å²) in [6.07, 6.45) is 0. The van der Waals surface area contributed by atoms with Gasteiger partial charge >= 0.3 is 0 Å². The van der Waals surface area contributed by atoms with Crippen LogP contribution < -0.4 is 24.2 Å². The first-order chi connectivity index (χ1) is 34.7. The Kier molecular flexibility index (Phi) is 9.10. The standard InChI is InChI=1S/C64H41N3O3/c1-2-17-50-42(15-1)16-13-19-51(50)43-31-35-45(36-32-43)65(46-37-33-44(34-38-46)52-20-14-21-54-53-18-3-8-26-59(53)70-64(52)54)47-39-48(66-55-22-4-9-27-60(55)68-61-28-10-5-23-56(61)66)41-49(40-47)67-57-24-6-11-29-62(57)69-63-30-12-7-25-58(63)67/h1-41H. The summed E-state index contributed by atoms with van der Waals surface area (Å²) in [6, 6.07) is 87.5. The molecule has 330 valence electrons. The lowest BCUT2D eigenvalue weighted by molar-refractivity contribution is 0.477. The summed E-state index contributed by atoms with van der Waals surface area (Å²) in [5.41, 5.74) is 14.9. The third kappa shape index (κ3) is 6.49. The Hall–Kier alpha value is -9.52. The Bertz CT molecular complexity index is 3780. The molecule has 11 aromatic carbocycles. The normalized spacial score (nSPS) is 12.5. The minimum Gasteiger partial charge on any atom is -0.455 e. The van der Waals surface area contributed by atoms with E-state index in [2.05, 4.69) is 203 Å². The maximum atomic E-state index is 6.57. The molecule has 1 aromatic heterocycles. The molecule has 14 rings (SSSR count). The van der Waals surface area contributed by atoms with Gasteiger partial charge in [-0.2, -0.15) is 0 Å². The quantitative estimate of drug-likeness (QED) is 0.159. The van der Waals surface area contributed by atoms with E-state index in [1.165, 1.54) is 16.3 Å². The Labute approximate surface area is 404 Å². The average molecular weight is 900 g/mol. The zero-order valence-corrected chi connectivity index (χ0v) is 37.7. The van der Waals surface area contributed by atoms with Gasteiger partial charge in [0.2, 0.25) is 0 Å². The monoisotopic (exact) mass is 899 g/mol. The molecule has 2 aliphatic rings. The van der Waals surface area contributed by atoms with Crippen molar-refractivity contribution in [1.29, 1.82) is 0 Å². The molecule has 0 atom stereocenters. The van der Waals surface area contributed by atoms with Crippen LogP contribution in [0.15, 0.2) is 253 Å². The Morgan fingerprint density at radius 2 is 0.743 bits per heavy atom. The second-order valence-corrected chi connectivity index (χ2v) is 17.7. The van der Waals surface area contributed by atoms with Crippen molar-refractivity contribution < 1.29 is 13.9 Å². The summed E-state index contributed by atoms with van der Waals surface area (Å²) in [7, 11) is 0. The summed E-state index contributed by atoms with van der Waals surface area (Å²) >= 11 is 0. The van der Waals surface area contributed by atoms with Crippen LogP contribution in [0.2, 0.25) is 0 Å². The molecule has 0 aliphatic carbocycles. The third-order valence-corrected chi connectivity index (χ3v) is 13.6. The molecule has 0 saturated heterocycles. The average Bonchev–Trinajstić information content (AvgIpc) is 3.81. The Balaban J connectivity index is 0.995. The number of furan rings is 1. The number of ether oxygens (including phenoxy) is 2. The molecule has 0 unspecified atom stereocenters. The second kappa shape index (κ2) is 16.1. The van der Waals surface area contributed by atoms with Gasteiger partial charge in [-0.15, -0.1) is 0 Å². The molecule has 0 N–H and O–H groups in total. The lowest BCUT2D eigenvalue weighted by Gasteiger charge is -2.37. The molecule has 70 heavy (non-hydrogen) atoms. The zero-order valence-electron chi connectivity index (χ0n) is 37.7. The molecule has 2 aliphatic heterocycles. The number of rotatable bonds is 7. The number of hydrogen-bond acceptors (Lipinski definition) is 6. The SMILES string of the molecule is c1ccc2c(c1)Oc1ccccc1N2c1cc(N(c2ccc(-c3cccc4ccccc34)cc2)c2ccc(-c3cccc4c3oc3ccccc34)cc2)cc(N2c3ccccc3Oc3ccccc32)c1. The smallest absolute Gasteiger partial charge is 0.151 e. The third-order valence-electron chi connectivity index (χ3n) is 13.6. The molecule has 6 nitrogen and oxygen atoms in total. The van der Waals surface area contributed by atoms with E-state index in [0.717, 1.165) is 113 Å². The molecule has 0 fully saturated rings. The van der Waals surface area contributed by atoms with Gasteiger partial charge in [-0.05, 0) is 125 Å². The lowest BCUT2D eigenvalue weighted by atomic mass is 9.98. The van der Waals surface area contributed by atoms with Crippen LogP contribution >= 0.6 is 0 Å². The van der Waals surface area contributed by atoms with Gasteiger partial charge in [-0.3, -0.25) is 0 Å². The van der Waals surface area contributed by atoms with Gasteiger partial charge in [0.15, 0.2) is 23.0 Å². The first kappa shape index (κ1) is 39.6. The maximum absolute atomic E-state index is 6.57. The van der Waals surface area contributed by atoms with E-state index in [1.54, 1.807) is 0 Å². The lowest BCUT2D eigenvalue weighted by Crippen LogP contribution is -2.19. The van der Waals surface area contributed by atoms with Crippen molar-refractivity contribution in [3.63, 3.8) is 0 Å². The Morgan fingerprint density at radius 1 is 0.314 bits per heavy atom. The van der Waals surface area contributed by atoms with Crippen molar-refractivity contribution in [1.82, 2.24) is 0 Å². The van der Waals surface area contributed by atoms with Crippen LogP contribution in [0.25, 0.3) is 55.0 Å². The number of anilines is 9. The van der Waals surface area contributed by atoms with Gasteiger partial charge in [0.25, 0.3) is 0 Å². The second-order valence-electron chi connectivity index (χ2n) is 17.7. The maximum Gasteiger partial charge on any atom is 0.151 e. The zero-order chi connectivity index (χ0) is 46.1. The van der Waals surface area contributed by atoms with Gasteiger partial charge in [0, 0.05) is 27.7 Å². The fourth-order valence-electron chi connectivity index (χ4n) is 10.4. The van der Waals surface area contributed by atoms with Gasteiger partial charge in [-0.25, -0.2) is 0 Å². The van der Waals surface area contributed by atoms with Crippen LogP contribution in [-0.2, 0) is 0 Å². The van der Waals surface area contributed by atoms with Crippen molar-refractivity contribution >= 4 is 83.9 Å². The van der Waals surface area contributed by atoms with Crippen molar-refractivity contribution in [2.45, 2.75) is 0 Å². The first-order valence-electron chi connectivity index (χ1n) is 23.6. The number of para-hydroxylation sites is 10. The number of nitrogens with zero attached hydrogens (tertiary/aromatic N) is 3. The molecule has 12 aromatic rings. The largest absolute Gasteiger partial charge is 0.455 e. The molecule has 0 saturated carbocycles. The van der Waals surface area contributed by atoms with Gasteiger partial charge in [0.05, 0.1) is 39.8 Å². The molecule has 3 heterocycles. The molecule has 6 heteroatoms. The summed E-state index contributed by atoms with van der Waals surface area (Å²) in [5, 5.41) is 4.65. The van der Waals surface area contributed by atoms with Crippen molar-refractivity contribution in [2.75, 3.05) is 14.7 Å². The highest BCUT2D eigenvalue weighted by atomic mass is 16.5. The van der Waals surface area contributed by atoms with Gasteiger partial charge in [-0.1, -0.05) is 152 Å². The van der Waals surface area contributed by atoms with Crippen LogP contribution in [0, 0.1) is 0 Å². The fraction of sp³-hybridized carbons (Fsp3) is 0. The summed E-state index contributed by atoms with van der Waals surface area (Å²) < 4.78 is 19.7. The molecular formula is C64H41N3O3. The fourth-order valence-corrected chi connectivity index (χ4v) is 10.4. The summed E-state index contributed by atoms with van der Waals surface area (Å²) in [5.74, 6) is 3.13. The van der Waals surface area contributed by atoms with E-state index in [1.807, 2.05) is 60.7 Å². The van der Waals surface area contributed by atoms with Crippen LogP contribution in [-0.4, -0.2) is 0 Å². The number of hydrogen-bond donors (Lipinski definition) is 0. The van der Waals surface area contributed by atoms with Crippen molar-refractivity contribution in [3.05, 3.63) is 249 Å². The highest BCUT2D eigenvalue weighted by Crippen LogP contribution is 2.55. The number of benzene rings is 11. The highest BCUT2D eigenvalue weighted by molar-refractivity contribution is 6.09. The van der Waals surface area contributed by atoms with E-state index in [4.69, 9.17) is 13.9 Å². The van der Waals surface area contributed by atoms with Crippen LogP contribution in [0.5, 0.6) is 23.0 Å². The van der Waals surface area contributed by atoms with Crippen LogP contribution in [0.4, 0.5) is 51.2 Å². The van der Waals surface area contributed by atoms with E-state index in [-0.39, 0.29) is 0 Å². The van der Waals surface area contributed by atoms with E-state index in [0.29, 0.717) is 0 Å². The Morgan fingerprint density at radius 3 is 1.31 bits per heavy atom. The van der Waals surface area contributed by atoms with Crippen LogP contribution in [0.3, 0.4) is 0 Å². The molecule has 0 radical (unpaired) electrons. The molecule has 0 amide bonds. The van der Waals surface area contributed by atoms with E-state index < -0.39 is 0 Å². The van der Waals surface area contributed by atoms with E-state index in [9.17, 15) is 0 Å². The predicted molar refractivity (Wildman–Crippen MR) is 286 cm³/mol. The van der Waals surface area contributed by atoms with Crippen LogP contribution in [0.1, 0.15) is 0 Å². The van der Waals surface area contributed by atoms with Gasteiger partial charge in [0.1, 0.15) is 11.2 Å². The van der Waals surface area contributed by atoms with Crippen molar-refractivity contribution in [2.24, 2.45) is 0 Å². The van der Waals surface area contributed by atoms with Gasteiger partial charge < -0.3 is 28.6 Å². The minimum absolute atomic E-state index is 0.783. The summed E-state index contributed by atoms with van der Waals surface area (Å²) in [6.45, 7) is 0.